The average Bonchev–Trinajstić information content (AvgIpc) is 2.99. The summed E-state index contributed by atoms with van der Waals surface area (Å²) in [6.07, 6.45) is 8.45. The summed E-state index contributed by atoms with van der Waals surface area (Å²) < 4.78 is 0. The number of nitrogens with one attached hydrogen (secondary N) is 1. The number of guanidine groups is 1. The summed E-state index contributed by atoms with van der Waals surface area (Å²) in [4.78, 5) is 9.74. The molecule has 0 bridgehead atoms. The van der Waals surface area contributed by atoms with Crippen LogP contribution < -0.4 is 5.32 Å². The lowest BCUT2D eigenvalue weighted by Gasteiger charge is -2.36. The number of piperidine rings is 1. The number of fused-ring (bicyclic) bond motifs is 1. The Bertz CT molecular complexity index is 398. The lowest BCUT2D eigenvalue weighted by molar-refractivity contribution is 0.140. The molecule has 1 N–H and O–H groups in total. The third-order valence-electron chi connectivity index (χ3n) is 6.32. The number of aliphatic imine (C=N–C) groups is 1. The molecular formula is C19H37IN4. The van der Waals surface area contributed by atoms with Gasteiger partial charge in [0.25, 0.3) is 0 Å². The molecule has 2 aliphatic heterocycles. The van der Waals surface area contributed by atoms with E-state index in [4.69, 9.17) is 0 Å². The van der Waals surface area contributed by atoms with Crippen molar-refractivity contribution in [3.8, 4) is 0 Å². The summed E-state index contributed by atoms with van der Waals surface area (Å²) >= 11 is 0. The van der Waals surface area contributed by atoms with Gasteiger partial charge in [0.1, 0.15) is 0 Å². The molecule has 4 nitrogen and oxygen atoms in total. The highest BCUT2D eigenvalue weighted by molar-refractivity contribution is 14.0. The fourth-order valence-corrected chi connectivity index (χ4v) is 4.88. The molecule has 0 aromatic carbocycles. The predicted octanol–water partition coefficient (Wildman–Crippen LogP) is 3.42. The maximum Gasteiger partial charge on any atom is 0.193 e. The highest BCUT2D eigenvalue weighted by atomic mass is 127. The van der Waals surface area contributed by atoms with Crippen molar-refractivity contribution in [1.29, 1.82) is 0 Å². The van der Waals surface area contributed by atoms with Crippen molar-refractivity contribution < 1.29 is 0 Å². The van der Waals surface area contributed by atoms with Gasteiger partial charge in [0.2, 0.25) is 0 Å². The van der Waals surface area contributed by atoms with Crippen LogP contribution in [0, 0.1) is 17.8 Å². The van der Waals surface area contributed by atoms with Gasteiger partial charge in [-0.1, -0.05) is 12.8 Å². The number of rotatable bonds is 3. The minimum absolute atomic E-state index is 0. The molecule has 0 radical (unpaired) electrons. The van der Waals surface area contributed by atoms with E-state index in [1.54, 1.807) is 0 Å². The van der Waals surface area contributed by atoms with Crippen molar-refractivity contribution in [3.05, 3.63) is 0 Å². The van der Waals surface area contributed by atoms with Gasteiger partial charge in [-0.3, -0.25) is 4.99 Å². The van der Waals surface area contributed by atoms with E-state index >= 15 is 0 Å². The average molecular weight is 448 g/mol. The van der Waals surface area contributed by atoms with E-state index in [2.05, 4.69) is 34.0 Å². The Kier molecular flexibility index (Phi) is 8.11. The molecule has 3 fully saturated rings. The molecule has 3 atom stereocenters. The smallest absolute Gasteiger partial charge is 0.193 e. The SMILES string of the molecule is CN=C(NCC1CCCN(C(C)C)C1)N1CC2CCCCC2C1.I. The Morgan fingerprint density at radius 3 is 2.29 bits per heavy atom. The third-order valence-corrected chi connectivity index (χ3v) is 6.32. The van der Waals surface area contributed by atoms with Gasteiger partial charge in [-0.15, -0.1) is 24.0 Å². The second-order valence-electron chi connectivity index (χ2n) is 8.23. The summed E-state index contributed by atoms with van der Waals surface area (Å²) in [5, 5.41) is 3.70. The van der Waals surface area contributed by atoms with Crippen LogP contribution in [0.1, 0.15) is 52.4 Å². The van der Waals surface area contributed by atoms with Gasteiger partial charge in [-0.2, -0.15) is 0 Å². The van der Waals surface area contributed by atoms with Crippen LogP contribution in [-0.4, -0.2) is 61.6 Å². The van der Waals surface area contributed by atoms with E-state index < -0.39 is 0 Å². The van der Waals surface area contributed by atoms with Crippen molar-refractivity contribution in [2.45, 2.75) is 58.4 Å². The van der Waals surface area contributed by atoms with E-state index in [9.17, 15) is 0 Å². The first-order valence-corrected chi connectivity index (χ1v) is 9.87. The molecule has 24 heavy (non-hydrogen) atoms. The van der Waals surface area contributed by atoms with Crippen molar-refractivity contribution >= 4 is 29.9 Å². The first-order valence-electron chi connectivity index (χ1n) is 9.87. The molecule has 0 spiro atoms. The largest absolute Gasteiger partial charge is 0.356 e. The van der Waals surface area contributed by atoms with E-state index in [0.717, 1.165) is 30.3 Å². The fraction of sp³-hybridized carbons (Fsp3) is 0.947. The molecule has 1 aliphatic carbocycles. The first-order chi connectivity index (χ1) is 11.2. The van der Waals surface area contributed by atoms with Crippen LogP contribution in [-0.2, 0) is 0 Å². The number of hydrogen-bond acceptors (Lipinski definition) is 2. The highest BCUT2D eigenvalue weighted by Gasteiger charge is 2.35. The van der Waals surface area contributed by atoms with Crippen LogP contribution in [0.15, 0.2) is 4.99 Å². The third kappa shape index (κ3) is 4.99. The van der Waals surface area contributed by atoms with E-state index in [0.29, 0.717) is 6.04 Å². The maximum atomic E-state index is 4.58. The molecule has 140 valence electrons. The van der Waals surface area contributed by atoms with Gasteiger partial charge in [-0.05, 0) is 63.8 Å². The van der Waals surface area contributed by atoms with Crippen LogP contribution in [0.2, 0.25) is 0 Å². The molecule has 0 aromatic heterocycles. The van der Waals surface area contributed by atoms with Gasteiger partial charge in [-0.25, -0.2) is 0 Å². The lowest BCUT2D eigenvalue weighted by Crippen LogP contribution is -2.46. The Balaban J connectivity index is 0.00000208. The van der Waals surface area contributed by atoms with Crippen molar-refractivity contribution in [2.24, 2.45) is 22.7 Å². The van der Waals surface area contributed by atoms with E-state index in [-0.39, 0.29) is 24.0 Å². The highest BCUT2D eigenvalue weighted by Crippen LogP contribution is 2.35. The molecule has 0 amide bonds. The molecular weight excluding hydrogens is 411 g/mol. The van der Waals surface area contributed by atoms with Gasteiger partial charge >= 0.3 is 0 Å². The zero-order chi connectivity index (χ0) is 16.2. The minimum atomic E-state index is 0. The number of likely N-dealkylation sites (tertiary alicyclic amines) is 2. The summed E-state index contributed by atoms with van der Waals surface area (Å²) in [6, 6.07) is 0.679. The zero-order valence-corrected chi connectivity index (χ0v) is 18.2. The summed E-state index contributed by atoms with van der Waals surface area (Å²) in [6.45, 7) is 10.7. The van der Waals surface area contributed by atoms with Crippen LogP contribution in [0.4, 0.5) is 0 Å². The number of hydrogen-bond donors (Lipinski definition) is 1. The van der Waals surface area contributed by atoms with E-state index in [1.807, 2.05) is 7.05 Å². The standard InChI is InChI=1S/C19H36N4.HI/c1-15(2)22-10-6-7-16(12-22)11-21-19(20-3)23-13-17-8-4-5-9-18(17)14-23;/h15-18H,4-14H2,1-3H3,(H,20,21);1H. The summed E-state index contributed by atoms with van der Waals surface area (Å²) in [5.41, 5.74) is 0. The summed E-state index contributed by atoms with van der Waals surface area (Å²) in [5.74, 6) is 3.77. The lowest BCUT2D eigenvalue weighted by atomic mass is 9.82. The molecule has 2 saturated heterocycles. The molecule has 0 aromatic rings. The van der Waals surface area contributed by atoms with Crippen LogP contribution >= 0.6 is 24.0 Å². The number of nitrogens with zero attached hydrogens (tertiary/aromatic N) is 3. The fourth-order valence-electron chi connectivity index (χ4n) is 4.88. The van der Waals surface area contributed by atoms with Crippen molar-refractivity contribution in [3.63, 3.8) is 0 Å². The molecule has 1 saturated carbocycles. The Morgan fingerprint density at radius 2 is 1.71 bits per heavy atom. The van der Waals surface area contributed by atoms with Gasteiger partial charge in [0.05, 0.1) is 0 Å². The van der Waals surface area contributed by atoms with Gasteiger partial charge < -0.3 is 15.1 Å². The number of halogens is 1. The van der Waals surface area contributed by atoms with Crippen LogP contribution in [0.25, 0.3) is 0 Å². The van der Waals surface area contributed by atoms with Crippen molar-refractivity contribution in [1.82, 2.24) is 15.1 Å². The van der Waals surface area contributed by atoms with Gasteiger partial charge in [0, 0.05) is 39.3 Å². The Hall–Kier alpha value is -0.0400. The molecule has 2 heterocycles. The predicted molar refractivity (Wildman–Crippen MR) is 113 cm³/mol. The second kappa shape index (κ2) is 9.60. The monoisotopic (exact) mass is 448 g/mol. The topological polar surface area (TPSA) is 30.9 Å². The molecule has 3 aliphatic rings. The first kappa shape index (κ1) is 20.3. The second-order valence-corrected chi connectivity index (χ2v) is 8.23. The Labute approximate surface area is 165 Å². The molecule has 3 unspecified atom stereocenters. The van der Waals surface area contributed by atoms with Crippen LogP contribution in [0.5, 0.6) is 0 Å². The minimum Gasteiger partial charge on any atom is -0.356 e. The van der Waals surface area contributed by atoms with E-state index in [1.165, 1.54) is 64.7 Å². The van der Waals surface area contributed by atoms with Gasteiger partial charge in [0.15, 0.2) is 5.96 Å². The van der Waals surface area contributed by atoms with Crippen LogP contribution in [0.3, 0.4) is 0 Å². The van der Waals surface area contributed by atoms with Crippen molar-refractivity contribution in [2.75, 3.05) is 39.8 Å². The summed E-state index contributed by atoms with van der Waals surface area (Å²) in [7, 11) is 1.95. The quantitative estimate of drug-likeness (QED) is 0.408. The molecule has 3 rings (SSSR count). The Morgan fingerprint density at radius 1 is 1.04 bits per heavy atom. The molecule has 5 heteroatoms. The normalized spacial score (nSPS) is 31.8. The zero-order valence-electron chi connectivity index (χ0n) is 15.8. The maximum absolute atomic E-state index is 4.58.